The van der Waals surface area contributed by atoms with Gasteiger partial charge in [-0.1, -0.05) is 18.6 Å². The number of aromatic nitrogens is 1. The minimum Gasteiger partial charge on any atom is -0.328 e. The molecule has 1 aliphatic carbocycles. The van der Waals surface area contributed by atoms with Crippen LogP contribution < -0.4 is 10.5 Å². The van der Waals surface area contributed by atoms with Gasteiger partial charge in [0.15, 0.2) is 0 Å². The first kappa shape index (κ1) is 19.3. The summed E-state index contributed by atoms with van der Waals surface area (Å²) in [4.78, 5) is 4.70. The third kappa shape index (κ3) is 4.55. The molecule has 3 N–H and O–H groups in total. The fourth-order valence-electron chi connectivity index (χ4n) is 2.90. The maximum atomic E-state index is 12.6. The zero-order chi connectivity index (χ0) is 16.4. The van der Waals surface area contributed by atoms with Crippen molar-refractivity contribution in [1.82, 2.24) is 9.71 Å². The van der Waals surface area contributed by atoms with Gasteiger partial charge < -0.3 is 5.73 Å². The largest absolute Gasteiger partial charge is 0.328 e. The van der Waals surface area contributed by atoms with E-state index in [0.717, 1.165) is 35.5 Å². The molecule has 5 nitrogen and oxygen atoms in total. The highest BCUT2D eigenvalue weighted by Crippen LogP contribution is 2.26. The highest BCUT2D eigenvalue weighted by Gasteiger charge is 2.25. The fourth-order valence-corrected chi connectivity index (χ4v) is 5.03. The van der Waals surface area contributed by atoms with E-state index in [1.54, 1.807) is 18.2 Å². The molecule has 1 aromatic carbocycles. The van der Waals surface area contributed by atoms with Crippen molar-refractivity contribution >= 4 is 33.8 Å². The van der Waals surface area contributed by atoms with Crippen molar-refractivity contribution in [2.24, 2.45) is 5.73 Å². The summed E-state index contributed by atoms with van der Waals surface area (Å²) < 4.78 is 28.1. The molecule has 132 valence electrons. The van der Waals surface area contributed by atoms with Crippen molar-refractivity contribution in [3.05, 3.63) is 35.3 Å². The van der Waals surface area contributed by atoms with Crippen LogP contribution >= 0.6 is 23.7 Å². The fraction of sp³-hybridized carbons (Fsp3) is 0.438. The van der Waals surface area contributed by atoms with Gasteiger partial charge in [-0.05, 0) is 38.3 Å². The summed E-state index contributed by atoms with van der Waals surface area (Å²) >= 11 is 1.52. The number of benzene rings is 1. The average Bonchev–Trinajstić information content (AvgIpc) is 2.94. The molecule has 1 aliphatic rings. The average molecular weight is 388 g/mol. The summed E-state index contributed by atoms with van der Waals surface area (Å²) in [5, 5.41) is 2.79. The van der Waals surface area contributed by atoms with Gasteiger partial charge in [-0.15, -0.1) is 23.7 Å². The van der Waals surface area contributed by atoms with Gasteiger partial charge in [0.1, 0.15) is 5.01 Å². The van der Waals surface area contributed by atoms with E-state index in [-0.39, 0.29) is 29.4 Å². The Morgan fingerprint density at radius 2 is 2.12 bits per heavy atom. The molecular weight excluding hydrogens is 366 g/mol. The van der Waals surface area contributed by atoms with Crippen LogP contribution in [0.5, 0.6) is 0 Å². The number of hydrogen-bond donors (Lipinski definition) is 2. The van der Waals surface area contributed by atoms with Crippen molar-refractivity contribution in [3.8, 4) is 10.6 Å². The molecule has 1 saturated carbocycles. The SMILES string of the molecule is Cc1csc(-c2cccc(S(=O)(=O)NC3CCCC(N)C3)c2)n1.Cl. The van der Waals surface area contributed by atoms with Gasteiger partial charge in [0.25, 0.3) is 0 Å². The van der Waals surface area contributed by atoms with E-state index in [4.69, 9.17) is 5.73 Å². The lowest BCUT2D eigenvalue weighted by atomic mass is 9.92. The predicted octanol–water partition coefficient (Wildman–Crippen LogP) is 3.09. The van der Waals surface area contributed by atoms with E-state index in [1.165, 1.54) is 11.3 Å². The molecule has 0 amide bonds. The summed E-state index contributed by atoms with van der Waals surface area (Å²) in [6.45, 7) is 1.93. The third-order valence-electron chi connectivity index (χ3n) is 4.05. The topological polar surface area (TPSA) is 85.1 Å². The lowest BCUT2D eigenvalue weighted by Crippen LogP contribution is -2.42. The molecule has 3 rings (SSSR count). The number of halogens is 1. The minimum absolute atomic E-state index is 0. The van der Waals surface area contributed by atoms with Crippen molar-refractivity contribution in [3.63, 3.8) is 0 Å². The Labute approximate surface area is 153 Å². The molecule has 2 unspecified atom stereocenters. The smallest absolute Gasteiger partial charge is 0.240 e. The lowest BCUT2D eigenvalue weighted by Gasteiger charge is -2.27. The summed E-state index contributed by atoms with van der Waals surface area (Å²) in [5.74, 6) is 0. The first-order valence-corrected chi connectivity index (χ1v) is 10.1. The van der Waals surface area contributed by atoms with Gasteiger partial charge >= 0.3 is 0 Å². The maximum absolute atomic E-state index is 12.6. The number of thiazole rings is 1. The van der Waals surface area contributed by atoms with E-state index >= 15 is 0 Å². The Bertz CT molecular complexity index is 792. The van der Waals surface area contributed by atoms with Crippen LogP contribution in [0.4, 0.5) is 0 Å². The van der Waals surface area contributed by atoms with Crippen LogP contribution in [0.2, 0.25) is 0 Å². The van der Waals surface area contributed by atoms with Gasteiger partial charge in [-0.2, -0.15) is 0 Å². The Kier molecular flexibility index (Phi) is 6.39. The number of nitrogens with one attached hydrogen (secondary N) is 1. The van der Waals surface area contributed by atoms with E-state index in [2.05, 4.69) is 9.71 Å². The van der Waals surface area contributed by atoms with Crippen LogP contribution in [0.3, 0.4) is 0 Å². The Morgan fingerprint density at radius 1 is 1.33 bits per heavy atom. The Morgan fingerprint density at radius 3 is 2.79 bits per heavy atom. The number of nitrogens with two attached hydrogens (primary N) is 1. The van der Waals surface area contributed by atoms with E-state index in [9.17, 15) is 8.42 Å². The molecule has 0 spiro atoms. The quantitative estimate of drug-likeness (QED) is 0.844. The van der Waals surface area contributed by atoms with Crippen LogP contribution in [0, 0.1) is 6.92 Å². The predicted molar refractivity (Wildman–Crippen MR) is 100 cm³/mol. The summed E-state index contributed by atoms with van der Waals surface area (Å²) in [6, 6.07) is 6.95. The lowest BCUT2D eigenvalue weighted by molar-refractivity contribution is 0.371. The third-order valence-corrected chi connectivity index (χ3v) is 6.57. The first-order chi connectivity index (χ1) is 10.9. The van der Waals surface area contributed by atoms with E-state index in [1.807, 2.05) is 18.4 Å². The van der Waals surface area contributed by atoms with Crippen molar-refractivity contribution in [2.45, 2.75) is 49.6 Å². The van der Waals surface area contributed by atoms with Gasteiger partial charge in [-0.25, -0.2) is 18.1 Å². The number of sulfonamides is 1. The molecule has 8 heteroatoms. The first-order valence-electron chi connectivity index (χ1n) is 7.74. The molecule has 0 radical (unpaired) electrons. The molecule has 0 saturated heterocycles. The van der Waals surface area contributed by atoms with Gasteiger partial charge in [0.05, 0.1) is 4.90 Å². The van der Waals surface area contributed by atoms with Gasteiger partial charge in [0.2, 0.25) is 10.0 Å². The van der Waals surface area contributed by atoms with Crippen LogP contribution in [-0.2, 0) is 10.0 Å². The molecule has 2 aromatic rings. The highest BCUT2D eigenvalue weighted by molar-refractivity contribution is 7.89. The minimum atomic E-state index is -3.54. The molecule has 1 heterocycles. The van der Waals surface area contributed by atoms with Crippen LogP contribution in [0.1, 0.15) is 31.4 Å². The number of hydrogen-bond acceptors (Lipinski definition) is 5. The molecule has 2 atom stereocenters. The van der Waals surface area contributed by atoms with Crippen molar-refractivity contribution < 1.29 is 8.42 Å². The second-order valence-corrected chi connectivity index (χ2v) is 8.64. The van der Waals surface area contributed by atoms with Crippen molar-refractivity contribution in [1.29, 1.82) is 0 Å². The van der Waals surface area contributed by atoms with Gasteiger partial charge in [-0.3, -0.25) is 0 Å². The van der Waals surface area contributed by atoms with Crippen LogP contribution in [0.25, 0.3) is 10.6 Å². The zero-order valence-corrected chi connectivity index (χ0v) is 15.9. The monoisotopic (exact) mass is 387 g/mol. The van der Waals surface area contributed by atoms with Gasteiger partial charge in [0, 0.05) is 28.7 Å². The Hall–Kier alpha value is -0.990. The number of rotatable bonds is 4. The summed E-state index contributed by atoms with van der Waals surface area (Å²) in [6.07, 6.45) is 3.48. The normalized spacial score (nSPS) is 21.2. The summed E-state index contributed by atoms with van der Waals surface area (Å²) in [7, 11) is -3.54. The van der Waals surface area contributed by atoms with E-state index < -0.39 is 10.0 Å². The van der Waals surface area contributed by atoms with Crippen LogP contribution in [0.15, 0.2) is 34.5 Å². The second-order valence-electron chi connectivity index (χ2n) is 6.07. The molecule has 1 fully saturated rings. The standard InChI is InChI=1S/C16H21N3O2S2.ClH/c1-11-10-22-16(18-11)12-4-2-7-15(8-12)23(20,21)19-14-6-3-5-13(17)9-14;/h2,4,7-8,10,13-14,19H,3,5-6,9,17H2,1H3;1H. The number of aryl methyl sites for hydroxylation is 1. The zero-order valence-electron chi connectivity index (χ0n) is 13.4. The Balaban J connectivity index is 0.00000208. The van der Waals surface area contributed by atoms with E-state index in [0.29, 0.717) is 6.42 Å². The number of nitrogens with zero attached hydrogens (tertiary/aromatic N) is 1. The second kappa shape index (κ2) is 7.93. The van der Waals surface area contributed by atoms with Crippen molar-refractivity contribution in [2.75, 3.05) is 0 Å². The van der Waals surface area contributed by atoms with Crippen LogP contribution in [-0.4, -0.2) is 25.5 Å². The molecular formula is C16H22ClN3O2S2. The molecule has 1 aromatic heterocycles. The summed E-state index contributed by atoms with van der Waals surface area (Å²) in [5.41, 5.74) is 7.71. The maximum Gasteiger partial charge on any atom is 0.240 e. The molecule has 0 bridgehead atoms. The highest BCUT2D eigenvalue weighted by atomic mass is 35.5. The molecule has 24 heavy (non-hydrogen) atoms. The molecule has 0 aliphatic heterocycles.